The molecule has 0 spiro atoms. The molecule has 0 aliphatic carbocycles. The highest BCUT2D eigenvalue weighted by molar-refractivity contribution is 6.39. The highest BCUT2D eigenvalue weighted by Gasteiger charge is 2.34. The zero-order valence-electron chi connectivity index (χ0n) is 18.4. The summed E-state index contributed by atoms with van der Waals surface area (Å²) in [5.41, 5.74) is 6.52. The van der Waals surface area contributed by atoms with Crippen LogP contribution in [0.25, 0.3) is 10.8 Å². The second kappa shape index (κ2) is 9.23. The number of amides is 3. The van der Waals surface area contributed by atoms with Crippen molar-refractivity contribution in [3.63, 3.8) is 0 Å². The van der Waals surface area contributed by atoms with Gasteiger partial charge in [0.2, 0.25) is 5.88 Å². The number of anilines is 1. The number of pyridine rings is 2. The SMILES string of the molecule is COc1ncc(NC(=O)C(=O)N2CC(C)CCC2c2ccc3cnccc3c2)cc1C(N)=O. The van der Waals surface area contributed by atoms with Gasteiger partial charge in [-0.1, -0.05) is 19.1 Å². The van der Waals surface area contributed by atoms with Gasteiger partial charge in [-0.15, -0.1) is 0 Å². The number of nitrogens with two attached hydrogens (primary N) is 1. The van der Waals surface area contributed by atoms with Crippen LogP contribution in [0.2, 0.25) is 0 Å². The maximum absolute atomic E-state index is 13.2. The summed E-state index contributed by atoms with van der Waals surface area (Å²) in [4.78, 5) is 47.4. The van der Waals surface area contributed by atoms with Crippen LogP contribution in [-0.4, -0.2) is 46.2 Å². The third-order valence-electron chi connectivity index (χ3n) is 5.89. The molecule has 9 nitrogen and oxygen atoms in total. The number of primary amides is 1. The van der Waals surface area contributed by atoms with E-state index in [1.807, 2.05) is 24.3 Å². The summed E-state index contributed by atoms with van der Waals surface area (Å²) in [6.45, 7) is 2.53. The van der Waals surface area contributed by atoms with Gasteiger partial charge in [0.15, 0.2) is 0 Å². The predicted octanol–water partition coefficient (Wildman–Crippen LogP) is 2.68. The quantitative estimate of drug-likeness (QED) is 0.592. The van der Waals surface area contributed by atoms with Gasteiger partial charge >= 0.3 is 11.8 Å². The van der Waals surface area contributed by atoms with Crippen molar-refractivity contribution in [2.24, 2.45) is 11.7 Å². The number of hydrogen-bond acceptors (Lipinski definition) is 6. The first-order valence-corrected chi connectivity index (χ1v) is 10.7. The Kier molecular flexibility index (Phi) is 6.21. The molecule has 1 aliphatic heterocycles. The smallest absolute Gasteiger partial charge is 0.313 e. The molecular weight excluding hydrogens is 422 g/mol. The van der Waals surface area contributed by atoms with Crippen molar-refractivity contribution in [1.82, 2.24) is 14.9 Å². The Morgan fingerprint density at radius 2 is 1.94 bits per heavy atom. The van der Waals surface area contributed by atoms with E-state index in [2.05, 4.69) is 22.2 Å². The molecule has 1 saturated heterocycles. The topological polar surface area (TPSA) is 128 Å². The second-order valence-electron chi connectivity index (χ2n) is 8.24. The van der Waals surface area contributed by atoms with Crippen LogP contribution in [0.1, 0.15) is 41.7 Å². The van der Waals surface area contributed by atoms with Crippen LogP contribution in [0.15, 0.2) is 48.9 Å². The second-order valence-corrected chi connectivity index (χ2v) is 8.24. The summed E-state index contributed by atoms with van der Waals surface area (Å²) in [6, 6.07) is 9.06. The summed E-state index contributed by atoms with van der Waals surface area (Å²) in [6.07, 6.45) is 6.54. The largest absolute Gasteiger partial charge is 0.480 e. The van der Waals surface area contributed by atoms with Crippen LogP contribution in [0.3, 0.4) is 0 Å². The first-order chi connectivity index (χ1) is 15.9. The van der Waals surface area contributed by atoms with Gasteiger partial charge in [0.1, 0.15) is 5.56 Å². The molecule has 0 saturated carbocycles. The Bertz CT molecular complexity index is 1230. The van der Waals surface area contributed by atoms with Crippen molar-refractivity contribution < 1.29 is 19.1 Å². The van der Waals surface area contributed by atoms with E-state index in [-0.39, 0.29) is 29.1 Å². The number of nitrogens with zero attached hydrogens (tertiary/aromatic N) is 3. The average molecular weight is 447 g/mol. The summed E-state index contributed by atoms with van der Waals surface area (Å²) >= 11 is 0. The number of methoxy groups -OCH3 is 1. The van der Waals surface area contributed by atoms with E-state index < -0.39 is 17.7 Å². The molecule has 33 heavy (non-hydrogen) atoms. The van der Waals surface area contributed by atoms with Crippen molar-refractivity contribution >= 4 is 34.2 Å². The number of fused-ring (bicyclic) bond motifs is 1. The van der Waals surface area contributed by atoms with Gasteiger partial charge < -0.3 is 20.7 Å². The van der Waals surface area contributed by atoms with Gasteiger partial charge in [-0.3, -0.25) is 19.4 Å². The van der Waals surface area contributed by atoms with Gasteiger partial charge in [-0.2, -0.15) is 0 Å². The maximum atomic E-state index is 13.2. The lowest BCUT2D eigenvalue weighted by Gasteiger charge is -2.38. The molecular formula is C24H25N5O4. The number of carbonyl (C=O) groups is 3. The number of ether oxygens (including phenoxy) is 1. The Balaban J connectivity index is 1.58. The number of hydrogen-bond donors (Lipinski definition) is 2. The number of rotatable bonds is 4. The fourth-order valence-electron chi connectivity index (χ4n) is 4.21. The molecule has 9 heteroatoms. The molecule has 3 amide bonds. The molecule has 2 atom stereocenters. The summed E-state index contributed by atoms with van der Waals surface area (Å²) in [5, 5.41) is 4.58. The molecule has 0 bridgehead atoms. The number of nitrogens with one attached hydrogen (secondary N) is 1. The van der Waals surface area contributed by atoms with Crippen LogP contribution >= 0.6 is 0 Å². The van der Waals surface area contributed by atoms with Crippen LogP contribution in [-0.2, 0) is 9.59 Å². The maximum Gasteiger partial charge on any atom is 0.313 e. The van der Waals surface area contributed by atoms with Gasteiger partial charge in [-0.05, 0) is 47.9 Å². The third-order valence-corrected chi connectivity index (χ3v) is 5.89. The van der Waals surface area contributed by atoms with Gasteiger partial charge in [0, 0.05) is 24.3 Å². The Morgan fingerprint density at radius 1 is 1.12 bits per heavy atom. The Labute approximate surface area is 191 Å². The molecule has 1 fully saturated rings. The summed E-state index contributed by atoms with van der Waals surface area (Å²) in [5.74, 6) is -1.88. The standard InChI is InChI=1S/C24H25N5O4/c1-14-3-6-20(16-4-5-17-11-26-8-7-15(17)9-16)29(13-14)24(32)22(31)28-18-10-19(21(25)30)23(33-2)27-12-18/h4-5,7-12,14,20H,3,6,13H2,1-2H3,(H2,25,30)(H,28,31). The fourth-order valence-corrected chi connectivity index (χ4v) is 4.21. The van der Waals surface area contributed by atoms with Crippen LogP contribution in [0, 0.1) is 5.92 Å². The van der Waals surface area contributed by atoms with E-state index in [0.717, 1.165) is 29.2 Å². The molecule has 3 aromatic rings. The first kappa shape index (κ1) is 22.2. The molecule has 1 aromatic carbocycles. The van der Waals surface area contributed by atoms with Crippen molar-refractivity contribution in [2.45, 2.75) is 25.8 Å². The van der Waals surface area contributed by atoms with Crippen molar-refractivity contribution in [1.29, 1.82) is 0 Å². The minimum Gasteiger partial charge on any atom is -0.480 e. The Morgan fingerprint density at radius 3 is 2.70 bits per heavy atom. The van der Waals surface area contributed by atoms with Crippen molar-refractivity contribution in [3.05, 3.63) is 60.0 Å². The molecule has 3 heterocycles. The van der Waals surface area contributed by atoms with Crippen LogP contribution in [0.4, 0.5) is 5.69 Å². The Hall–Kier alpha value is -4.01. The molecule has 2 unspecified atom stereocenters. The lowest BCUT2D eigenvalue weighted by Crippen LogP contribution is -2.46. The molecule has 1 aliphatic rings. The van der Waals surface area contributed by atoms with Gasteiger partial charge in [0.25, 0.3) is 5.91 Å². The van der Waals surface area contributed by atoms with Gasteiger partial charge in [-0.25, -0.2) is 4.98 Å². The summed E-state index contributed by atoms with van der Waals surface area (Å²) < 4.78 is 5.01. The molecule has 0 radical (unpaired) electrons. The van der Waals surface area contributed by atoms with E-state index in [0.29, 0.717) is 6.54 Å². The van der Waals surface area contributed by atoms with E-state index in [1.165, 1.54) is 19.4 Å². The fraction of sp³-hybridized carbons (Fsp3) is 0.292. The van der Waals surface area contributed by atoms with Gasteiger partial charge in [0.05, 0.1) is 25.0 Å². The lowest BCUT2D eigenvalue weighted by molar-refractivity contribution is -0.146. The number of benzene rings is 1. The monoisotopic (exact) mass is 447 g/mol. The van der Waals surface area contributed by atoms with Crippen molar-refractivity contribution in [3.8, 4) is 5.88 Å². The molecule has 3 N–H and O–H groups in total. The predicted molar refractivity (Wildman–Crippen MR) is 123 cm³/mol. The average Bonchev–Trinajstić information content (AvgIpc) is 2.83. The lowest BCUT2D eigenvalue weighted by atomic mass is 9.89. The van der Waals surface area contributed by atoms with E-state index in [4.69, 9.17) is 10.5 Å². The highest BCUT2D eigenvalue weighted by atomic mass is 16.5. The number of piperidine rings is 1. The van der Waals surface area contributed by atoms with E-state index in [1.54, 1.807) is 17.3 Å². The molecule has 4 rings (SSSR count). The van der Waals surface area contributed by atoms with Crippen molar-refractivity contribution in [2.75, 3.05) is 19.0 Å². The third kappa shape index (κ3) is 4.62. The van der Waals surface area contributed by atoms with E-state index >= 15 is 0 Å². The zero-order valence-corrected chi connectivity index (χ0v) is 18.4. The molecule has 2 aromatic heterocycles. The number of aromatic nitrogens is 2. The first-order valence-electron chi connectivity index (χ1n) is 10.7. The summed E-state index contributed by atoms with van der Waals surface area (Å²) in [7, 11) is 1.36. The van der Waals surface area contributed by atoms with Crippen LogP contribution in [0.5, 0.6) is 5.88 Å². The minimum absolute atomic E-state index is 0.0119. The van der Waals surface area contributed by atoms with E-state index in [9.17, 15) is 14.4 Å². The number of carbonyl (C=O) groups excluding carboxylic acids is 3. The number of likely N-dealkylation sites (tertiary alicyclic amines) is 1. The molecule has 170 valence electrons. The minimum atomic E-state index is -0.804. The normalized spacial score (nSPS) is 18.1. The highest BCUT2D eigenvalue weighted by Crippen LogP contribution is 2.34. The zero-order chi connectivity index (χ0) is 23.5. The van der Waals surface area contributed by atoms with Crippen LogP contribution < -0.4 is 15.8 Å².